The summed E-state index contributed by atoms with van der Waals surface area (Å²) in [5.74, 6) is -1.69. The van der Waals surface area contributed by atoms with Crippen LogP contribution in [0.3, 0.4) is 0 Å². The molecule has 0 radical (unpaired) electrons. The van der Waals surface area contributed by atoms with E-state index >= 15 is 0 Å². The van der Waals surface area contributed by atoms with Gasteiger partial charge >= 0.3 is 0 Å². The quantitative estimate of drug-likeness (QED) is 0.511. The minimum atomic E-state index is -2.30. The average molecular weight is 457 g/mol. The van der Waals surface area contributed by atoms with E-state index in [1.54, 1.807) is 19.2 Å². The zero-order chi connectivity index (χ0) is 22.1. The predicted octanol–water partition coefficient (Wildman–Crippen LogP) is 0.944. The number of hydrogen-bond donors (Lipinski definition) is 4. The van der Waals surface area contributed by atoms with Crippen LogP contribution in [0.15, 0.2) is 42.5 Å². The summed E-state index contributed by atoms with van der Waals surface area (Å²) in [5.41, 5.74) is 1.78. The predicted molar refractivity (Wildman–Crippen MR) is 113 cm³/mol. The fraction of sp³-hybridized carbons (Fsp3) is 0.429. The third-order valence-electron chi connectivity index (χ3n) is 5.20. The topological polar surface area (TPSA) is 116 Å². The summed E-state index contributed by atoms with van der Waals surface area (Å²) in [4.78, 5) is 0. The van der Waals surface area contributed by atoms with Crippen molar-refractivity contribution in [3.63, 3.8) is 0 Å². The van der Waals surface area contributed by atoms with Crippen molar-refractivity contribution in [2.75, 3.05) is 19.1 Å². The first-order valence-electron chi connectivity index (χ1n) is 9.32. The molecule has 0 spiro atoms. The van der Waals surface area contributed by atoms with E-state index in [1.165, 1.54) is 12.3 Å². The van der Waals surface area contributed by atoms with E-state index in [4.69, 9.17) is 21.1 Å². The second-order valence-electron chi connectivity index (χ2n) is 7.35. The highest BCUT2D eigenvalue weighted by Crippen LogP contribution is 2.38. The van der Waals surface area contributed by atoms with Crippen molar-refractivity contribution in [3.8, 4) is 5.75 Å². The van der Waals surface area contributed by atoms with E-state index in [2.05, 4.69) is 0 Å². The van der Waals surface area contributed by atoms with Crippen LogP contribution in [0, 0.1) is 0 Å². The van der Waals surface area contributed by atoms with Crippen molar-refractivity contribution in [1.29, 1.82) is 0 Å². The molecule has 7 nitrogen and oxygen atoms in total. The molecule has 1 fully saturated rings. The molecule has 6 atom stereocenters. The number of aliphatic hydroxyl groups excluding tert-OH is 3. The molecule has 1 heterocycles. The molecule has 0 aliphatic carbocycles. The summed E-state index contributed by atoms with van der Waals surface area (Å²) < 4.78 is 22.3. The van der Waals surface area contributed by atoms with Crippen molar-refractivity contribution in [3.05, 3.63) is 64.2 Å². The molecule has 0 amide bonds. The van der Waals surface area contributed by atoms with E-state index in [0.717, 1.165) is 11.3 Å². The van der Waals surface area contributed by atoms with Crippen molar-refractivity contribution in [2.45, 2.75) is 36.6 Å². The Morgan fingerprint density at radius 3 is 2.40 bits per heavy atom. The first kappa shape index (κ1) is 23.1. The van der Waals surface area contributed by atoms with E-state index in [-0.39, 0.29) is 11.3 Å². The second kappa shape index (κ2) is 9.32. The SMILES string of the molecule is COc1ccc(Cc2cc([C@@]3(O)O[C@H](CS(C)=O)[C@@H](O)[C@H](O)[C@H]3O)ccc2Cl)cc1. The van der Waals surface area contributed by atoms with Gasteiger partial charge in [-0.05, 0) is 41.8 Å². The molecule has 4 N–H and O–H groups in total. The van der Waals surface area contributed by atoms with Crippen LogP contribution in [0.25, 0.3) is 0 Å². The van der Waals surface area contributed by atoms with Gasteiger partial charge in [0.25, 0.3) is 0 Å². The molecule has 0 aromatic heterocycles. The van der Waals surface area contributed by atoms with Crippen molar-refractivity contribution in [2.24, 2.45) is 0 Å². The molecule has 0 saturated carbocycles. The Labute approximate surface area is 182 Å². The molecule has 30 heavy (non-hydrogen) atoms. The first-order valence-corrected chi connectivity index (χ1v) is 11.4. The van der Waals surface area contributed by atoms with Crippen LogP contribution in [0.4, 0.5) is 0 Å². The van der Waals surface area contributed by atoms with Crippen LogP contribution in [-0.2, 0) is 27.7 Å². The molecule has 2 aromatic carbocycles. The lowest BCUT2D eigenvalue weighted by molar-refractivity contribution is -0.350. The minimum absolute atomic E-state index is 0.112. The van der Waals surface area contributed by atoms with E-state index < -0.39 is 41.0 Å². The van der Waals surface area contributed by atoms with Crippen molar-refractivity contribution in [1.82, 2.24) is 0 Å². The lowest BCUT2D eigenvalue weighted by atomic mass is 9.87. The number of methoxy groups -OCH3 is 1. The van der Waals surface area contributed by atoms with Crippen LogP contribution < -0.4 is 4.74 Å². The second-order valence-corrected chi connectivity index (χ2v) is 9.24. The van der Waals surface area contributed by atoms with E-state index in [0.29, 0.717) is 17.0 Å². The maximum absolute atomic E-state index is 11.6. The van der Waals surface area contributed by atoms with Gasteiger partial charge in [0, 0.05) is 27.6 Å². The summed E-state index contributed by atoms with van der Waals surface area (Å²) in [6, 6.07) is 12.0. The Bertz CT molecular complexity index is 907. The highest BCUT2D eigenvalue weighted by atomic mass is 35.5. The minimum Gasteiger partial charge on any atom is -0.497 e. The van der Waals surface area contributed by atoms with Gasteiger partial charge in [0.2, 0.25) is 5.79 Å². The van der Waals surface area contributed by atoms with Crippen LogP contribution in [0.2, 0.25) is 5.02 Å². The molecular formula is C21H25ClO7S. The summed E-state index contributed by atoms with van der Waals surface area (Å²) in [5, 5.41) is 42.5. The molecule has 3 rings (SSSR count). The number of hydrogen-bond acceptors (Lipinski definition) is 7. The van der Waals surface area contributed by atoms with Gasteiger partial charge in [-0.25, -0.2) is 0 Å². The smallest absolute Gasteiger partial charge is 0.222 e. The van der Waals surface area contributed by atoms with Crippen LogP contribution in [-0.4, -0.2) is 68.2 Å². The van der Waals surface area contributed by atoms with Crippen LogP contribution >= 0.6 is 11.6 Å². The highest BCUT2D eigenvalue weighted by Gasteiger charge is 2.53. The molecule has 164 valence electrons. The Hall–Kier alpha value is -1.52. The van der Waals surface area contributed by atoms with Crippen molar-refractivity contribution >= 4 is 22.4 Å². The number of rotatable bonds is 6. The van der Waals surface area contributed by atoms with Gasteiger partial charge in [0.15, 0.2) is 0 Å². The Balaban J connectivity index is 1.93. The summed E-state index contributed by atoms with van der Waals surface area (Å²) in [7, 11) is 0.224. The number of halogens is 1. The molecule has 1 unspecified atom stereocenters. The van der Waals surface area contributed by atoms with Gasteiger partial charge in [0.1, 0.15) is 30.2 Å². The molecular weight excluding hydrogens is 432 g/mol. The highest BCUT2D eigenvalue weighted by molar-refractivity contribution is 7.84. The number of aliphatic hydroxyl groups is 4. The lowest BCUT2D eigenvalue weighted by Gasteiger charge is -2.46. The summed E-state index contributed by atoms with van der Waals surface area (Å²) in [6.07, 6.45) is -4.25. The Morgan fingerprint density at radius 2 is 1.80 bits per heavy atom. The maximum atomic E-state index is 11.6. The van der Waals surface area contributed by atoms with Crippen LogP contribution in [0.5, 0.6) is 5.75 Å². The Morgan fingerprint density at radius 1 is 1.13 bits per heavy atom. The largest absolute Gasteiger partial charge is 0.497 e. The molecule has 1 saturated heterocycles. The monoisotopic (exact) mass is 456 g/mol. The summed E-state index contributed by atoms with van der Waals surface area (Å²) in [6.45, 7) is 0. The third kappa shape index (κ3) is 4.70. The van der Waals surface area contributed by atoms with Crippen LogP contribution in [0.1, 0.15) is 16.7 Å². The fourth-order valence-electron chi connectivity index (χ4n) is 3.51. The normalized spacial score (nSPS) is 30.1. The number of benzene rings is 2. The maximum Gasteiger partial charge on any atom is 0.222 e. The zero-order valence-electron chi connectivity index (χ0n) is 16.6. The van der Waals surface area contributed by atoms with Gasteiger partial charge in [-0.3, -0.25) is 4.21 Å². The third-order valence-corrected chi connectivity index (χ3v) is 6.36. The molecule has 0 bridgehead atoms. The van der Waals surface area contributed by atoms with E-state index in [9.17, 15) is 24.6 Å². The number of ether oxygens (including phenoxy) is 2. The summed E-state index contributed by atoms with van der Waals surface area (Å²) >= 11 is 6.34. The Kier molecular flexibility index (Phi) is 7.19. The molecule has 9 heteroatoms. The fourth-order valence-corrected chi connectivity index (χ4v) is 4.42. The van der Waals surface area contributed by atoms with E-state index in [1.807, 2.05) is 24.3 Å². The average Bonchev–Trinajstić information content (AvgIpc) is 2.72. The van der Waals surface area contributed by atoms with Gasteiger partial charge in [-0.2, -0.15) is 0 Å². The molecule has 1 aliphatic heterocycles. The van der Waals surface area contributed by atoms with Gasteiger partial charge in [-0.1, -0.05) is 29.8 Å². The van der Waals surface area contributed by atoms with Gasteiger partial charge < -0.3 is 29.9 Å². The van der Waals surface area contributed by atoms with Crippen molar-refractivity contribution < 1.29 is 34.1 Å². The standard InChI is InChI=1S/C21H25ClO7S/c1-28-15-6-3-12(4-7-15)9-13-10-14(5-8-16(13)22)21(26)20(25)19(24)18(23)17(29-21)11-30(2)27/h3-8,10,17-20,23-26H,9,11H2,1-2H3/t17-,18-,19+,20-,21-,30?/m1/s1. The van der Waals surface area contributed by atoms with Gasteiger partial charge in [-0.15, -0.1) is 0 Å². The molecule has 2 aromatic rings. The zero-order valence-corrected chi connectivity index (χ0v) is 18.1. The lowest BCUT2D eigenvalue weighted by Crippen LogP contribution is -2.63. The first-order chi connectivity index (χ1) is 14.2. The van der Waals surface area contributed by atoms with Gasteiger partial charge in [0.05, 0.1) is 12.9 Å². The molecule has 1 aliphatic rings.